The summed E-state index contributed by atoms with van der Waals surface area (Å²) in [6.45, 7) is 6.56. The smallest absolute Gasteiger partial charge is 0.123 e. The van der Waals surface area contributed by atoms with E-state index in [1.807, 2.05) is 24.3 Å². The van der Waals surface area contributed by atoms with Crippen molar-refractivity contribution in [1.82, 2.24) is 0 Å². The molecule has 2 aromatic carbocycles. The Labute approximate surface area is 102 Å². The Hall–Kier alpha value is -1.70. The summed E-state index contributed by atoms with van der Waals surface area (Å²) >= 11 is 0. The Morgan fingerprint density at radius 2 is 1.59 bits per heavy atom. The minimum absolute atomic E-state index is 0.336. The zero-order valence-corrected chi connectivity index (χ0v) is 10.6. The molecule has 0 heterocycles. The molecule has 1 unspecified atom stereocenters. The van der Waals surface area contributed by atoms with Crippen molar-refractivity contribution in [2.45, 2.75) is 26.8 Å². The van der Waals surface area contributed by atoms with Crippen LogP contribution in [-0.4, -0.2) is 11.1 Å². The van der Waals surface area contributed by atoms with Crippen molar-refractivity contribution in [3.8, 4) is 5.75 Å². The molecule has 2 N–H and O–H groups in total. The lowest BCUT2D eigenvalue weighted by atomic mass is 10.0. The molecule has 0 aliphatic carbocycles. The summed E-state index contributed by atoms with van der Waals surface area (Å²) in [6, 6.07) is 12.0. The van der Waals surface area contributed by atoms with Crippen molar-refractivity contribution in [3.63, 3.8) is 0 Å². The topological polar surface area (TPSA) is 32.3 Å². The van der Waals surface area contributed by atoms with Crippen LogP contribution >= 0.6 is 0 Å². The highest BCUT2D eigenvalue weighted by atomic mass is 16.3. The van der Waals surface area contributed by atoms with Crippen LogP contribution in [-0.2, 0) is 0 Å². The SMILES string of the molecule is CC(C)C(C)Nc1cccc2c(O)cccc12. The molecule has 1 atom stereocenters. The van der Waals surface area contributed by atoms with Gasteiger partial charge >= 0.3 is 0 Å². The van der Waals surface area contributed by atoms with Crippen LogP contribution in [0.3, 0.4) is 0 Å². The molecule has 2 aromatic rings. The van der Waals surface area contributed by atoms with Gasteiger partial charge in [-0.2, -0.15) is 0 Å². The molecule has 0 fully saturated rings. The lowest BCUT2D eigenvalue weighted by Crippen LogP contribution is -2.21. The van der Waals surface area contributed by atoms with Gasteiger partial charge in [0, 0.05) is 22.5 Å². The Balaban J connectivity index is 2.44. The summed E-state index contributed by atoms with van der Waals surface area (Å²) in [7, 11) is 0. The van der Waals surface area contributed by atoms with E-state index in [1.54, 1.807) is 6.07 Å². The first-order valence-corrected chi connectivity index (χ1v) is 6.07. The largest absolute Gasteiger partial charge is 0.507 e. The molecular formula is C15H19NO. The fraction of sp³-hybridized carbons (Fsp3) is 0.333. The monoisotopic (exact) mass is 229 g/mol. The molecule has 0 aliphatic heterocycles. The molecule has 0 saturated heterocycles. The van der Waals surface area contributed by atoms with Gasteiger partial charge in [0.2, 0.25) is 0 Å². The first-order valence-electron chi connectivity index (χ1n) is 6.07. The number of phenols is 1. The molecular weight excluding hydrogens is 210 g/mol. The number of hydrogen-bond acceptors (Lipinski definition) is 2. The summed E-state index contributed by atoms with van der Waals surface area (Å²) in [4.78, 5) is 0. The highest BCUT2D eigenvalue weighted by Gasteiger charge is 2.09. The van der Waals surface area contributed by atoms with Gasteiger partial charge in [-0.05, 0) is 25.0 Å². The molecule has 0 spiro atoms. The maximum Gasteiger partial charge on any atom is 0.123 e. The van der Waals surface area contributed by atoms with Gasteiger partial charge in [-0.3, -0.25) is 0 Å². The lowest BCUT2D eigenvalue weighted by Gasteiger charge is -2.20. The number of fused-ring (bicyclic) bond motifs is 1. The van der Waals surface area contributed by atoms with E-state index < -0.39 is 0 Å². The van der Waals surface area contributed by atoms with Crippen molar-refractivity contribution < 1.29 is 5.11 Å². The lowest BCUT2D eigenvalue weighted by molar-refractivity contribution is 0.481. The van der Waals surface area contributed by atoms with Crippen LogP contribution in [0.5, 0.6) is 5.75 Å². The summed E-state index contributed by atoms with van der Waals surface area (Å²) in [5.74, 6) is 0.908. The molecule has 0 amide bonds. The summed E-state index contributed by atoms with van der Waals surface area (Å²) < 4.78 is 0. The van der Waals surface area contributed by atoms with Gasteiger partial charge in [0.05, 0.1) is 0 Å². The number of phenolic OH excluding ortho intramolecular Hbond substituents is 1. The number of rotatable bonds is 3. The van der Waals surface area contributed by atoms with E-state index in [2.05, 4.69) is 32.2 Å². The van der Waals surface area contributed by atoms with Gasteiger partial charge in [0.25, 0.3) is 0 Å². The summed E-state index contributed by atoms with van der Waals surface area (Å²) in [5.41, 5.74) is 1.08. The minimum Gasteiger partial charge on any atom is -0.507 e. The molecule has 0 radical (unpaired) electrons. The van der Waals surface area contributed by atoms with Gasteiger partial charge in [-0.15, -0.1) is 0 Å². The van der Waals surface area contributed by atoms with Crippen molar-refractivity contribution in [3.05, 3.63) is 36.4 Å². The quantitative estimate of drug-likeness (QED) is 0.833. The van der Waals surface area contributed by atoms with Gasteiger partial charge < -0.3 is 10.4 Å². The predicted octanol–water partition coefficient (Wildman–Crippen LogP) is 4.00. The van der Waals surface area contributed by atoms with Crippen LogP contribution in [0.2, 0.25) is 0 Å². The normalized spacial score (nSPS) is 12.9. The van der Waals surface area contributed by atoms with E-state index in [-0.39, 0.29) is 0 Å². The molecule has 17 heavy (non-hydrogen) atoms. The minimum atomic E-state index is 0.336. The third-order valence-corrected chi connectivity index (χ3v) is 3.28. The van der Waals surface area contributed by atoms with Gasteiger partial charge in [0.1, 0.15) is 5.75 Å². The fourth-order valence-corrected chi connectivity index (χ4v) is 1.83. The van der Waals surface area contributed by atoms with Gasteiger partial charge in [0.15, 0.2) is 0 Å². The number of anilines is 1. The third-order valence-electron chi connectivity index (χ3n) is 3.28. The van der Waals surface area contributed by atoms with Crippen molar-refractivity contribution in [2.75, 3.05) is 5.32 Å². The van der Waals surface area contributed by atoms with E-state index in [1.165, 1.54) is 0 Å². The maximum atomic E-state index is 9.81. The third kappa shape index (κ3) is 2.36. The Kier molecular flexibility index (Phi) is 3.23. The van der Waals surface area contributed by atoms with Crippen molar-refractivity contribution in [2.24, 2.45) is 5.92 Å². The standard InChI is InChI=1S/C15H19NO/c1-10(2)11(3)16-14-8-4-7-13-12(14)6-5-9-15(13)17/h4-11,16-17H,1-3H3. The molecule has 2 heteroatoms. The molecule has 0 aromatic heterocycles. The summed E-state index contributed by atoms with van der Waals surface area (Å²) in [6.07, 6.45) is 0. The highest BCUT2D eigenvalue weighted by Crippen LogP contribution is 2.30. The average Bonchev–Trinajstić information content (AvgIpc) is 2.30. The average molecular weight is 229 g/mol. The first kappa shape index (κ1) is 11.8. The van der Waals surface area contributed by atoms with Crippen LogP contribution in [0.15, 0.2) is 36.4 Å². The van der Waals surface area contributed by atoms with Crippen LogP contribution in [0, 0.1) is 5.92 Å². The van der Waals surface area contributed by atoms with E-state index >= 15 is 0 Å². The second-order valence-electron chi connectivity index (χ2n) is 4.85. The molecule has 0 saturated carbocycles. The number of benzene rings is 2. The molecule has 2 rings (SSSR count). The number of nitrogens with one attached hydrogen (secondary N) is 1. The first-order chi connectivity index (χ1) is 8.09. The Bertz CT molecular complexity index is 519. The van der Waals surface area contributed by atoms with Crippen LogP contribution in [0.1, 0.15) is 20.8 Å². The van der Waals surface area contributed by atoms with E-state index in [0.29, 0.717) is 17.7 Å². The van der Waals surface area contributed by atoms with Crippen LogP contribution in [0.4, 0.5) is 5.69 Å². The predicted molar refractivity (Wildman–Crippen MR) is 73.5 cm³/mol. The highest BCUT2D eigenvalue weighted by molar-refractivity contribution is 5.97. The van der Waals surface area contributed by atoms with Gasteiger partial charge in [-0.1, -0.05) is 38.1 Å². The zero-order chi connectivity index (χ0) is 12.4. The molecule has 2 nitrogen and oxygen atoms in total. The van der Waals surface area contributed by atoms with Gasteiger partial charge in [-0.25, -0.2) is 0 Å². The molecule has 0 bridgehead atoms. The zero-order valence-electron chi connectivity index (χ0n) is 10.6. The van der Waals surface area contributed by atoms with E-state index in [0.717, 1.165) is 16.5 Å². The van der Waals surface area contributed by atoms with E-state index in [4.69, 9.17) is 0 Å². The van der Waals surface area contributed by atoms with Crippen molar-refractivity contribution >= 4 is 16.5 Å². The van der Waals surface area contributed by atoms with Crippen molar-refractivity contribution in [1.29, 1.82) is 0 Å². The van der Waals surface area contributed by atoms with E-state index in [9.17, 15) is 5.11 Å². The number of aromatic hydroxyl groups is 1. The summed E-state index contributed by atoms with van der Waals surface area (Å²) in [5, 5.41) is 15.3. The maximum absolute atomic E-state index is 9.81. The Morgan fingerprint density at radius 1 is 0.941 bits per heavy atom. The molecule has 0 aliphatic rings. The second kappa shape index (κ2) is 4.66. The van der Waals surface area contributed by atoms with Crippen LogP contribution in [0.25, 0.3) is 10.8 Å². The second-order valence-corrected chi connectivity index (χ2v) is 4.85. The number of hydrogen-bond donors (Lipinski definition) is 2. The fourth-order valence-electron chi connectivity index (χ4n) is 1.83. The Morgan fingerprint density at radius 3 is 2.29 bits per heavy atom. The molecule has 90 valence electrons. The van der Waals surface area contributed by atoms with Crippen LogP contribution < -0.4 is 5.32 Å².